The lowest BCUT2D eigenvalue weighted by molar-refractivity contribution is -0.384. The van der Waals surface area contributed by atoms with E-state index in [1.807, 2.05) is 42.5 Å². The lowest BCUT2D eigenvalue weighted by atomic mass is 9.78. The zero-order valence-electron chi connectivity index (χ0n) is 19.2. The van der Waals surface area contributed by atoms with E-state index in [9.17, 15) is 14.9 Å². The number of hydrogen-bond donors (Lipinski definition) is 1. The second kappa shape index (κ2) is 10.0. The van der Waals surface area contributed by atoms with Gasteiger partial charge in [0.05, 0.1) is 15.6 Å². The van der Waals surface area contributed by atoms with Crippen molar-refractivity contribution in [1.82, 2.24) is 0 Å². The summed E-state index contributed by atoms with van der Waals surface area (Å²) in [5, 5.41) is 13.7. The molecule has 1 aromatic heterocycles. The normalized spacial score (nSPS) is 11.2. The van der Waals surface area contributed by atoms with Crippen LogP contribution in [0.5, 0.6) is 5.75 Å². The fraction of sp³-hybridized carbons (Fsp3) is 0.148. The Labute approximate surface area is 207 Å². The number of halogens is 1. The summed E-state index contributed by atoms with van der Waals surface area (Å²) in [5.74, 6) is 0.578. The van der Waals surface area contributed by atoms with Crippen LogP contribution in [0.4, 0.5) is 11.4 Å². The molecule has 1 N–H and O–H groups in total. The highest BCUT2D eigenvalue weighted by Gasteiger charge is 2.22. The highest BCUT2D eigenvalue weighted by Crippen LogP contribution is 2.32. The summed E-state index contributed by atoms with van der Waals surface area (Å²) in [5.41, 5.74) is 2.18. The molecule has 0 bridgehead atoms. The van der Waals surface area contributed by atoms with Crippen LogP contribution in [0, 0.1) is 10.1 Å². The van der Waals surface area contributed by atoms with Gasteiger partial charge < -0.3 is 14.5 Å². The molecule has 0 spiro atoms. The molecule has 4 aromatic rings. The first-order valence-corrected chi connectivity index (χ1v) is 11.2. The molecular weight excluding hydrogens is 468 g/mol. The summed E-state index contributed by atoms with van der Waals surface area (Å²) in [4.78, 5) is 22.9. The van der Waals surface area contributed by atoms with E-state index < -0.39 is 10.8 Å². The van der Waals surface area contributed by atoms with Gasteiger partial charge in [-0.15, -0.1) is 0 Å². The zero-order valence-corrected chi connectivity index (χ0v) is 19.9. The van der Waals surface area contributed by atoms with E-state index in [1.54, 1.807) is 6.07 Å². The van der Waals surface area contributed by atoms with Crippen molar-refractivity contribution in [3.8, 4) is 5.75 Å². The minimum atomic E-state index is -0.578. The second-order valence-electron chi connectivity index (χ2n) is 8.45. The number of nitrogens with zero attached hydrogens (tertiary/aromatic N) is 1. The Kier molecular flexibility index (Phi) is 6.89. The Morgan fingerprint density at radius 2 is 1.69 bits per heavy atom. The van der Waals surface area contributed by atoms with Crippen molar-refractivity contribution in [2.45, 2.75) is 25.9 Å². The number of amides is 1. The number of furan rings is 1. The largest absolute Gasteiger partial charge is 0.486 e. The van der Waals surface area contributed by atoms with Crippen molar-refractivity contribution in [3.05, 3.63) is 123 Å². The third-order valence-electron chi connectivity index (χ3n) is 5.75. The average Bonchev–Trinajstić information content (AvgIpc) is 3.34. The molecule has 0 atom stereocenters. The third kappa shape index (κ3) is 5.53. The Morgan fingerprint density at radius 1 is 1.00 bits per heavy atom. The Hall–Kier alpha value is -4.10. The van der Waals surface area contributed by atoms with Crippen LogP contribution in [0.2, 0.25) is 5.02 Å². The van der Waals surface area contributed by atoms with E-state index in [4.69, 9.17) is 20.8 Å². The third-order valence-corrected chi connectivity index (χ3v) is 6.08. The standard InChI is InChI=1S/C27H23ClN2O5/c1-27(2,18-6-4-3-5-7-18)19-8-11-21(12-9-19)34-17-22-13-15-25(35-22)26(31)29-24-16-20(30(32)33)10-14-23(24)28/h3-16H,17H2,1-2H3,(H,29,31). The maximum absolute atomic E-state index is 12.5. The minimum Gasteiger partial charge on any atom is -0.486 e. The fourth-order valence-electron chi connectivity index (χ4n) is 3.63. The number of ether oxygens (including phenoxy) is 1. The van der Waals surface area contributed by atoms with Crippen LogP contribution in [0.25, 0.3) is 0 Å². The van der Waals surface area contributed by atoms with Gasteiger partial charge in [0.1, 0.15) is 18.1 Å². The lowest BCUT2D eigenvalue weighted by Gasteiger charge is -2.26. The SMILES string of the molecule is CC(C)(c1ccccc1)c1ccc(OCc2ccc(C(=O)Nc3cc([N+](=O)[O-])ccc3Cl)o2)cc1. The summed E-state index contributed by atoms with van der Waals surface area (Å²) in [6.07, 6.45) is 0. The smallest absolute Gasteiger partial charge is 0.291 e. The molecule has 35 heavy (non-hydrogen) atoms. The van der Waals surface area contributed by atoms with Crippen molar-refractivity contribution in [3.63, 3.8) is 0 Å². The molecular formula is C27H23ClN2O5. The highest BCUT2D eigenvalue weighted by atomic mass is 35.5. The average molecular weight is 491 g/mol. The molecule has 8 heteroatoms. The van der Waals surface area contributed by atoms with Gasteiger partial charge in [-0.05, 0) is 41.5 Å². The van der Waals surface area contributed by atoms with E-state index in [2.05, 4.69) is 31.3 Å². The number of carbonyl (C=O) groups excluding carboxylic acids is 1. The molecule has 0 saturated heterocycles. The maximum atomic E-state index is 12.5. The maximum Gasteiger partial charge on any atom is 0.291 e. The van der Waals surface area contributed by atoms with Crippen LogP contribution >= 0.6 is 11.6 Å². The molecule has 1 heterocycles. The Morgan fingerprint density at radius 3 is 2.37 bits per heavy atom. The summed E-state index contributed by atoms with van der Waals surface area (Å²) in [6.45, 7) is 4.48. The number of nitrogens with one attached hydrogen (secondary N) is 1. The zero-order chi connectivity index (χ0) is 25.0. The molecule has 178 valence electrons. The first-order chi connectivity index (χ1) is 16.7. The van der Waals surface area contributed by atoms with Crippen molar-refractivity contribution in [2.24, 2.45) is 0 Å². The predicted octanol–water partition coefficient (Wildman–Crippen LogP) is 7.00. The summed E-state index contributed by atoms with van der Waals surface area (Å²) >= 11 is 6.04. The lowest BCUT2D eigenvalue weighted by Crippen LogP contribution is -2.18. The quantitative estimate of drug-likeness (QED) is 0.212. The van der Waals surface area contributed by atoms with E-state index in [1.165, 1.54) is 29.8 Å². The fourth-order valence-corrected chi connectivity index (χ4v) is 3.79. The molecule has 7 nitrogen and oxygen atoms in total. The van der Waals surface area contributed by atoms with Gasteiger partial charge in [-0.1, -0.05) is 67.9 Å². The number of rotatable bonds is 8. The number of nitro groups is 1. The van der Waals surface area contributed by atoms with Crippen molar-refractivity contribution < 1.29 is 18.9 Å². The molecule has 4 rings (SSSR count). The van der Waals surface area contributed by atoms with Crippen LogP contribution in [0.1, 0.15) is 41.3 Å². The summed E-state index contributed by atoms with van der Waals surface area (Å²) in [6, 6.07) is 25.1. The second-order valence-corrected chi connectivity index (χ2v) is 8.85. The van der Waals surface area contributed by atoms with Gasteiger partial charge in [0, 0.05) is 17.5 Å². The molecule has 1 amide bonds. The van der Waals surface area contributed by atoms with Crippen LogP contribution in [0.3, 0.4) is 0 Å². The van der Waals surface area contributed by atoms with E-state index in [-0.39, 0.29) is 34.2 Å². The minimum absolute atomic E-state index is 0.0335. The molecule has 0 aliphatic carbocycles. The van der Waals surface area contributed by atoms with Gasteiger partial charge in [0.2, 0.25) is 0 Å². The molecule has 3 aromatic carbocycles. The number of anilines is 1. The number of benzene rings is 3. The number of non-ortho nitro benzene ring substituents is 1. The van der Waals surface area contributed by atoms with Crippen molar-refractivity contribution in [1.29, 1.82) is 0 Å². The highest BCUT2D eigenvalue weighted by molar-refractivity contribution is 6.34. The summed E-state index contributed by atoms with van der Waals surface area (Å²) in [7, 11) is 0. The van der Waals surface area contributed by atoms with Gasteiger partial charge in [-0.3, -0.25) is 14.9 Å². The van der Waals surface area contributed by atoms with Crippen LogP contribution in [0.15, 0.2) is 89.3 Å². The predicted molar refractivity (Wildman–Crippen MR) is 134 cm³/mol. The number of nitro benzene ring substituents is 1. The topological polar surface area (TPSA) is 94.6 Å². The monoisotopic (exact) mass is 490 g/mol. The summed E-state index contributed by atoms with van der Waals surface area (Å²) < 4.78 is 11.4. The van der Waals surface area contributed by atoms with Crippen molar-refractivity contribution in [2.75, 3.05) is 5.32 Å². The molecule has 0 radical (unpaired) electrons. The van der Waals surface area contributed by atoms with Crippen LogP contribution in [-0.2, 0) is 12.0 Å². The van der Waals surface area contributed by atoms with E-state index >= 15 is 0 Å². The van der Waals surface area contributed by atoms with Gasteiger partial charge in [0.25, 0.3) is 11.6 Å². The van der Waals surface area contributed by atoms with Crippen LogP contribution in [-0.4, -0.2) is 10.8 Å². The van der Waals surface area contributed by atoms with Gasteiger partial charge in [0.15, 0.2) is 5.76 Å². The van der Waals surface area contributed by atoms with Gasteiger partial charge >= 0.3 is 0 Å². The first-order valence-electron chi connectivity index (χ1n) is 10.9. The Bertz CT molecular complexity index is 1350. The van der Waals surface area contributed by atoms with Crippen molar-refractivity contribution >= 4 is 28.9 Å². The number of hydrogen-bond acceptors (Lipinski definition) is 5. The molecule has 0 aliphatic heterocycles. The Balaban J connectivity index is 1.38. The first kappa shape index (κ1) is 24.0. The molecule has 0 fully saturated rings. The van der Waals surface area contributed by atoms with Gasteiger partial charge in [-0.25, -0.2) is 0 Å². The van der Waals surface area contributed by atoms with Gasteiger partial charge in [-0.2, -0.15) is 0 Å². The van der Waals surface area contributed by atoms with E-state index in [0.29, 0.717) is 11.5 Å². The van der Waals surface area contributed by atoms with E-state index in [0.717, 1.165) is 5.56 Å². The molecule has 0 saturated carbocycles. The number of carbonyl (C=O) groups is 1. The molecule has 0 aliphatic rings. The molecule has 0 unspecified atom stereocenters. The van der Waals surface area contributed by atoms with Crippen LogP contribution < -0.4 is 10.1 Å².